The van der Waals surface area contributed by atoms with Crippen LogP contribution in [-0.2, 0) is 7.05 Å². The average molecular weight is 384 g/mol. The Morgan fingerprint density at radius 2 is 1.96 bits per heavy atom. The molecule has 1 amide bonds. The number of hydrogen-bond donors (Lipinski definition) is 0. The van der Waals surface area contributed by atoms with E-state index in [1.807, 2.05) is 47.0 Å². The van der Waals surface area contributed by atoms with Gasteiger partial charge in [0.05, 0.1) is 12.0 Å². The zero-order valence-corrected chi connectivity index (χ0v) is 17.0. The van der Waals surface area contributed by atoms with Gasteiger partial charge < -0.3 is 9.64 Å². The summed E-state index contributed by atoms with van der Waals surface area (Å²) in [6.07, 6.45) is 1.19. The fourth-order valence-electron chi connectivity index (χ4n) is 4.11. The monoisotopic (exact) mass is 383 g/mol. The van der Waals surface area contributed by atoms with Gasteiger partial charge >= 0.3 is 0 Å². The number of piperidine rings is 1. The number of hydrogen-bond acceptors (Lipinski definition) is 4. The third-order valence-corrected chi connectivity index (χ3v) is 6.41. The van der Waals surface area contributed by atoms with E-state index in [0.29, 0.717) is 11.8 Å². The molecule has 3 aromatic rings. The molecule has 0 unspecified atom stereocenters. The van der Waals surface area contributed by atoms with Crippen LogP contribution in [0.4, 0.5) is 0 Å². The minimum Gasteiger partial charge on any atom is -0.497 e. The maximum absolute atomic E-state index is 13.1. The van der Waals surface area contributed by atoms with Crippen molar-refractivity contribution in [1.29, 1.82) is 0 Å². The fraction of sp³-hybridized carbons (Fsp3) is 0.429. The van der Waals surface area contributed by atoms with Gasteiger partial charge in [0.25, 0.3) is 5.91 Å². The molecule has 3 heterocycles. The predicted molar refractivity (Wildman–Crippen MR) is 109 cm³/mol. The van der Waals surface area contributed by atoms with E-state index in [-0.39, 0.29) is 5.91 Å². The Hall–Kier alpha value is -2.34. The molecule has 1 aliphatic heterocycles. The minimum absolute atomic E-state index is 0.145. The van der Waals surface area contributed by atoms with Crippen molar-refractivity contribution >= 4 is 27.5 Å². The van der Waals surface area contributed by atoms with Gasteiger partial charge in [-0.05, 0) is 36.5 Å². The third kappa shape index (κ3) is 3.34. The first-order valence-electron chi connectivity index (χ1n) is 9.36. The van der Waals surface area contributed by atoms with Gasteiger partial charge in [-0.15, -0.1) is 11.3 Å². The Balaban J connectivity index is 1.71. The van der Waals surface area contributed by atoms with Crippen molar-refractivity contribution in [2.75, 3.05) is 20.2 Å². The summed E-state index contributed by atoms with van der Waals surface area (Å²) in [5.41, 5.74) is 1.89. The van der Waals surface area contributed by atoms with E-state index in [1.54, 1.807) is 7.11 Å². The summed E-state index contributed by atoms with van der Waals surface area (Å²) >= 11 is 1.53. The van der Waals surface area contributed by atoms with E-state index in [9.17, 15) is 4.79 Å². The van der Waals surface area contributed by atoms with E-state index >= 15 is 0 Å². The second-order valence-corrected chi connectivity index (χ2v) is 8.72. The topological polar surface area (TPSA) is 47.4 Å². The first kappa shape index (κ1) is 18.0. The number of ether oxygens (including phenoxy) is 1. The van der Waals surface area contributed by atoms with Crippen molar-refractivity contribution in [2.24, 2.45) is 18.9 Å². The molecule has 0 saturated carbocycles. The van der Waals surface area contributed by atoms with E-state index in [2.05, 4.69) is 18.9 Å². The number of methoxy groups -OCH3 is 1. The molecule has 2 aromatic heterocycles. The Labute approximate surface area is 163 Å². The molecule has 6 heteroatoms. The molecule has 4 rings (SSSR count). The lowest BCUT2D eigenvalue weighted by Crippen LogP contribution is -2.42. The summed E-state index contributed by atoms with van der Waals surface area (Å²) in [6, 6.07) is 9.90. The van der Waals surface area contributed by atoms with Gasteiger partial charge in [-0.25, -0.2) is 0 Å². The van der Waals surface area contributed by atoms with Crippen LogP contribution in [0.5, 0.6) is 5.75 Å². The highest BCUT2D eigenvalue weighted by molar-refractivity contribution is 7.20. The van der Waals surface area contributed by atoms with Crippen LogP contribution in [0.2, 0.25) is 0 Å². The van der Waals surface area contributed by atoms with Crippen LogP contribution >= 0.6 is 11.3 Å². The number of rotatable bonds is 3. The van der Waals surface area contributed by atoms with Crippen LogP contribution in [0.3, 0.4) is 0 Å². The van der Waals surface area contributed by atoms with Gasteiger partial charge in [0.2, 0.25) is 0 Å². The highest BCUT2D eigenvalue weighted by Gasteiger charge is 2.28. The number of carbonyl (C=O) groups excluding carboxylic acids is 1. The van der Waals surface area contributed by atoms with Gasteiger partial charge in [-0.3, -0.25) is 9.48 Å². The van der Waals surface area contributed by atoms with Crippen molar-refractivity contribution in [3.05, 3.63) is 35.2 Å². The van der Waals surface area contributed by atoms with Crippen LogP contribution in [-0.4, -0.2) is 40.8 Å². The number of fused-ring (bicyclic) bond motifs is 1. The highest BCUT2D eigenvalue weighted by atomic mass is 32.1. The summed E-state index contributed by atoms with van der Waals surface area (Å²) in [7, 11) is 3.59. The lowest BCUT2D eigenvalue weighted by atomic mass is 9.92. The molecule has 0 radical (unpaired) electrons. The van der Waals surface area contributed by atoms with Crippen LogP contribution in [0.1, 0.15) is 29.9 Å². The molecule has 5 nitrogen and oxygen atoms in total. The van der Waals surface area contributed by atoms with Crippen molar-refractivity contribution in [3.63, 3.8) is 0 Å². The van der Waals surface area contributed by atoms with Crippen molar-refractivity contribution in [3.8, 4) is 17.0 Å². The number of benzene rings is 1. The number of aryl methyl sites for hydroxylation is 1. The SMILES string of the molecule is COc1cccc(-c2nn(C)c3sc(C(=O)N4C[C@@H](C)C[C@H](C)C4)cc23)c1. The molecule has 0 aliphatic carbocycles. The molecule has 1 fully saturated rings. The highest BCUT2D eigenvalue weighted by Crippen LogP contribution is 2.35. The first-order valence-corrected chi connectivity index (χ1v) is 10.2. The Morgan fingerprint density at radius 3 is 2.67 bits per heavy atom. The molecule has 0 bridgehead atoms. The number of nitrogens with zero attached hydrogens (tertiary/aromatic N) is 3. The zero-order chi connectivity index (χ0) is 19.1. The molecule has 1 saturated heterocycles. The molecule has 142 valence electrons. The molecule has 27 heavy (non-hydrogen) atoms. The number of thiophene rings is 1. The molecule has 0 spiro atoms. The van der Waals surface area contributed by atoms with E-state index in [4.69, 9.17) is 4.74 Å². The number of aromatic nitrogens is 2. The largest absolute Gasteiger partial charge is 0.497 e. The fourth-order valence-corrected chi connectivity index (χ4v) is 5.15. The van der Waals surface area contributed by atoms with Gasteiger partial charge in [0.15, 0.2) is 0 Å². The summed E-state index contributed by atoms with van der Waals surface area (Å²) < 4.78 is 7.21. The smallest absolute Gasteiger partial charge is 0.264 e. The minimum atomic E-state index is 0.145. The maximum atomic E-state index is 13.1. The van der Waals surface area contributed by atoms with Gasteiger partial charge in [-0.2, -0.15) is 5.10 Å². The maximum Gasteiger partial charge on any atom is 0.264 e. The van der Waals surface area contributed by atoms with Crippen LogP contribution < -0.4 is 4.74 Å². The molecule has 1 aromatic carbocycles. The average Bonchev–Trinajstić information content (AvgIpc) is 3.21. The predicted octanol–water partition coefficient (Wildman–Crippen LogP) is 4.43. The van der Waals surface area contributed by atoms with E-state index < -0.39 is 0 Å². The summed E-state index contributed by atoms with van der Waals surface area (Å²) in [5, 5.41) is 5.70. The van der Waals surface area contributed by atoms with Gasteiger partial charge in [0.1, 0.15) is 16.3 Å². The van der Waals surface area contributed by atoms with Crippen molar-refractivity contribution < 1.29 is 9.53 Å². The summed E-state index contributed by atoms with van der Waals surface area (Å²) in [5.74, 6) is 2.06. The van der Waals surface area contributed by atoms with Crippen molar-refractivity contribution in [1.82, 2.24) is 14.7 Å². The number of likely N-dealkylation sites (tertiary alicyclic amines) is 1. The van der Waals surface area contributed by atoms with Crippen LogP contribution in [0, 0.1) is 11.8 Å². The van der Waals surface area contributed by atoms with E-state index in [1.165, 1.54) is 17.8 Å². The molecular formula is C21H25N3O2S. The Morgan fingerprint density at radius 1 is 1.22 bits per heavy atom. The second-order valence-electron chi connectivity index (χ2n) is 7.69. The molecular weight excluding hydrogens is 358 g/mol. The number of carbonyl (C=O) groups is 1. The molecule has 2 atom stereocenters. The second kappa shape index (κ2) is 7.00. The Bertz CT molecular complexity index is 981. The van der Waals surface area contributed by atoms with Gasteiger partial charge in [0, 0.05) is 31.1 Å². The van der Waals surface area contributed by atoms with Gasteiger partial charge in [-0.1, -0.05) is 26.0 Å². The van der Waals surface area contributed by atoms with Crippen LogP contribution in [0.15, 0.2) is 30.3 Å². The normalized spacial score (nSPS) is 20.2. The third-order valence-electron chi connectivity index (χ3n) is 5.22. The Kier molecular flexibility index (Phi) is 4.68. The summed E-state index contributed by atoms with van der Waals surface area (Å²) in [4.78, 5) is 16.9. The molecule has 0 N–H and O–H groups in total. The lowest BCUT2D eigenvalue weighted by molar-refractivity contribution is 0.0628. The lowest BCUT2D eigenvalue weighted by Gasteiger charge is -2.34. The first-order chi connectivity index (χ1) is 13.0. The van der Waals surface area contributed by atoms with Crippen LogP contribution in [0.25, 0.3) is 21.5 Å². The van der Waals surface area contributed by atoms with Crippen molar-refractivity contribution in [2.45, 2.75) is 20.3 Å². The summed E-state index contributed by atoms with van der Waals surface area (Å²) in [6.45, 7) is 6.15. The zero-order valence-electron chi connectivity index (χ0n) is 16.2. The number of amides is 1. The molecule has 1 aliphatic rings. The quantitative estimate of drug-likeness (QED) is 0.672. The standard InChI is InChI=1S/C21H25N3O2S/c1-13-8-14(2)12-24(11-13)20(25)18-10-17-19(22-23(3)21(17)27-18)15-6-5-7-16(9-15)26-4/h5-7,9-10,13-14H,8,11-12H2,1-4H3/t13-,14-/m0/s1. The van der Waals surface area contributed by atoms with E-state index in [0.717, 1.165) is 45.2 Å².